The molecule has 158 valence electrons. The van der Waals surface area contributed by atoms with Crippen molar-refractivity contribution in [3.63, 3.8) is 0 Å². The average Bonchev–Trinajstić information content (AvgIpc) is 2.73. The molecule has 2 rings (SSSR count). The highest BCUT2D eigenvalue weighted by Crippen LogP contribution is 2.17. The lowest BCUT2D eigenvalue weighted by molar-refractivity contribution is 0.00751. The van der Waals surface area contributed by atoms with Crippen LogP contribution in [0.15, 0.2) is 29.3 Å². The molecular weight excluding hydrogens is 356 g/mol. The normalized spacial score (nSPS) is 16.8. The lowest BCUT2D eigenvalue weighted by atomic mass is 10.0. The second-order valence-corrected chi connectivity index (χ2v) is 7.20. The summed E-state index contributed by atoms with van der Waals surface area (Å²) in [5, 5.41) is 6.78. The predicted octanol–water partition coefficient (Wildman–Crippen LogP) is 1.73. The summed E-state index contributed by atoms with van der Waals surface area (Å²) in [6, 6.07) is 8.38. The maximum absolute atomic E-state index is 5.77. The van der Waals surface area contributed by atoms with Gasteiger partial charge in [-0.2, -0.15) is 0 Å². The number of nitrogens with zero attached hydrogens (tertiary/aromatic N) is 2. The molecule has 1 aliphatic rings. The molecular formula is C21H36N4O3. The minimum Gasteiger partial charge on any atom is -0.496 e. The van der Waals surface area contributed by atoms with Gasteiger partial charge in [0.2, 0.25) is 0 Å². The van der Waals surface area contributed by atoms with Gasteiger partial charge in [0.15, 0.2) is 5.96 Å². The third kappa shape index (κ3) is 7.30. The highest BCUT2D eigenvalue weighted by Gasteiger charge is 2.23. The van der Waals surface area contributed by atoms with Gasteiger partial charge in [-0.25, -0.2) is 0 Å². The van der Waals surface area contributed by atoms with E-state index in [2.05, 4.69) is 34.4 Å². The van der Waals surface area contributed by atoms with Crippen molar-refractivity contribution in [3.8, 4) is 5.75 Å². The number of hydrogen-bond acceptors (Lipinski definition) is 5. The Labute approximate surface area is 169 Å². The van der Waals surface area contributed by atoms with Crippen molar-refractivity contribution in [2.75, 3.05) is 60.2 Å². The molecule has 1 unspecified atom stereocenters. The minimum absolute atomic E-state index is 0.462. The molecule has 1 aromatic carbocycles. The van der Waals surface area contributed by atoms with Crippen molar-refractivity contribution in [2.45, 2.75) is 26.5 Å². The Kier molecular flexibility index (Phi) is 10.1. The zero-order valence-electron chi connectivity index (χ0n) is 17.7. The quantitative estimate of drug-likeness (QED) is 0.359. The Balaban J connectivity index is 1.69. The molecule has 2 N–H and O–H groups in total. The molecule has 1 heterocycles. The molecule has 1 saturated heterocycles. The van der Waals surface area contributed by atoms with Crippen LogP contribution in [-0.4, -0.2) is 77.1 Å². The molecule has 1 atom stereocenters. The van der Waals surface area contributed by atoms with Crippen molar-refractivity contribution in [1.82, 2.24) is 15.5 Å². The summed E-state index contributed by atoms with van der Waals surface area (Å²) in [4.78, 5) is 6.83. The first-order chi connectivity index (χ1) is 13.7. The summed E-state index contributed by atoms with van der Waals surface area (Å²) < 4.78 is 16.6. The molecule has 1 aliphatic heterocycles. The van der Waals surface area contributed by atoms with E-state index in [-0.39, 0.29) is 0 Å². The highest BCUT2D eigenvalue weighted by molar-refractivity contribution is 5.79. The maximum atomic E-state index is 5.77. The number of aliphatic imine (C=N–C) groups is 1. The van der Waals surface area contributed by atoms with Crippen molar-refractivity contribution in [3.05, 3.63) is 29.8 Å². The predicted molar refractivity (Wildman–Crippen MR) is 113 cm³/mol. The van der Waals surface area contributed by atoms with Crippen LogP contribution in [0.5, 0.6) is 5.75 Å². The van der Waals surface area contributed by atoms with Gasteiger partial charge in [-0.1, -0.05) is 32.0 Å². The van der Waals surface area contributed by atoms with Gasteiger partial charge in [-0.15, -0.1) is 0 Å². The van der Waals surface area contributed by atoms with E-state index in [0.717, 1.165) is 50.1 Å². The van der Waals surface area contributed by atoms with Gasteiger partial charge < -0.3 is 24.8 Å². The topological polar surface area (TPSA) is 67.4 Å². The molecule has 0 bridgehead atoms. The van der Waals surface area contributed by atoms with Crippen LogP contribution in [-0.2, 0) is 16.1 Å². The van der Waals surface area contributed by atoms with E-state index in [9.17, 15) is 0 Å². The number of rotatable bonds is 10. The standard InChI is InChI=1S/C21H36N4O3/c1-17(2)19(25-10-13-27-14-11-25)15-24-21(22-3)23-9-12-28-16-18-7-5-6-8-20(18)26-4/h5-8,17,19H,9-16H2,1-4H3,(H2,22,23,24). The Morgan fingerprint density at radius 1 is 1.21 bits per heavy atom. The largest absolute Gasteiger partial charge is 0.496 e. The number of benzene rings is 1. The minimum atomic E-state index is 0.462. The number of guanidine groups is 1. The van der Waals surface area contributed by atoms with E-state index >= 15 is 0 Å². The smallest absolute Gasteiger partial charge is 0.191 e. The average molecular weight is 393 g/mol. The zero-order valence-corrected chi connectivity index (χ0v) is 17.7. The summed E-state index contributed by atoms with van der Waals surface area (Å²) in [5.74, 6) is 2.23. The highest BCUT2D eigenvalue weighted by atomic mass is 16.5. The van der Waals surface area contributed by atoms with Crippen LogP contribution in [0.1, 0.15) is 19.4 Å². The SMILES string of the molecule is CN=C(NCCOCc1ccccc1OC)NCC(C(C)C)N1CCOCC1. The molecule has 0 aliphatic carbocycles. The van der Waals surface area contributed by atoms with Gasteiger partial charge >= 0.3 is 0 Å². The summed E-state index contributed by atoms with van der Waals surface area (Å²) in [6.07, 6.45) is 0. The van der Waals surface area contributed by atoms with Crippen LogP contribution in [0.25, 0.3) is 0 Å². The monoisotopic (exact) mass is 392 g/mol. The van der Waals surface area contributed by atoms with Gasteiger partial charge in [-0.3, -0.25) is 9.89 Å². The molecule has 0 radical (unpaired) electrons. The van der Waals surface area contributed by atoms with Crippen LogP contribution in [0.2, 0.25) is 0 Å². The van der Waals surface area contributed by atoms with Crippen LogP contribution in [0.4, 0.5) is 0 Å². The Bertz CT molecular complexity index is 589. The summed E-state index contributed by atoms with van der Waals surface area (Å²) in [5.41, 5.74) is 1.05. The first-order valence-corrected chi connectivity index (χ1v) is 10.1. The van der Waals surface area contributed by atoms with Crippen LogP contribution < -0.4 is 15.4 Å². The molecule has 1 aromatic rings. The summed E-state index contributed by atoms with van der Waals surface area (Å²) in [7, 11) is 3.47. The molecule has 0 amide bonds. The van der Waals surface area contributed by atoms with Gasteiger partial charge in [0, 0.05) is 44.8 Å². The van der Waals surface area contributed by atoms with Gasteiger partial charge in [0.1, 0.15) is 5.75 Å². The number of methoxy groups -OCH3 is 1. The number of ether oxygens (including phenoxy) is 3. The van der Waals surface area contributed by atoms with Crippen molar-refractivity contribution in [2.24, 2.45) is 10.9 Å². The second-order valence-electron chi connectivity index (χ2n) is 7.20. The van der Waals surface area contributed by atoms with Crippen molar-refractivity contribution < 1.29 is 14.2 Å². The molecule has 0 aromatic heterocycles. The first-order valence-electron chi connectivity index (χ1n) is 10.1. The molecule has 7 heteroatoms. The number of hydrogen-bond donors (Lipinski definition) is 2. The zero-order chi connectivity index (χ0) is 20.2. The fraction of sp³-hybridized carbons (Fsp3) is 0.667. The Morgan fingerprint density at radius 3 is 2.64 bits per heavy atom. The van der Waals surface area contributed by atoms with Crippen molar-refractivity contribution >= 4 is 5.96 Å². The van der Waals surface area contributed by atoms with E-state index < -0.39 is 0 Å². The third-order valence-electron chi connectivity index (χ3n) is 4.98. The Morgan fingerprint density at radius 2 is 1.96 bits per heavy atom. The van der Waals surface area contributed by atoms with Crippen LogP contribution >= 0.6 is 0 Å². The molecule has 1 fully saturated rings. The Hall–Kier alpha value is -1.83. The number of morpholine rings is 1. The number of para-hydroxylation sites is 1. The van der Waals surface area contributed by atoms with Crippen LogP contribution in [0.3, 0.4) is 0 Å². The number of nitrogens with one attached hydrogen (secondary N) is 2. The summed E-state index contributed by atoms with van der Waals surface area (Å²) in [6.45, 7) is 10.8. The third-order valence-corrected chi connectivity index (χ3v) is 4.98. The lowest BCUT2D eigenvalue weighted by Gasteiger charge is -2.37. The van der Waals surface area contributed by atoms with E-state index in [1.165, 1.54) is 0 Å². The second kappa shape index (κ2) is 12.6. The molecule has 0 saturated carbocycles. The van der Waals surface area contributed by atoms with E-state index in [0.29, 0.717) is 31.7 Å². The molecule has 28 heavy (non-hydrogen) atoms. The van der Waals surface area contributed by atoms with Gasteiger partial charge in [0.05, 0.1) is 33.5 Å². The van der Waals surface area contributed by atoms with E-state index in [1.54, 1.807) is 14.2 Å². The fourth-order valence-corrected chi connectivity index (χ4v) is 3.36. The fourth-order valence-electron chi connectivity index (χ4n) is 3.36. The summed E-state index contributed by atoms with van der Waals surface area (Å²) >= 11 is 0. The van der Waals surface area contributed by atoms with Gasteiger partial charge in [-0.05, 0) is 12.0 Å². The van der Waals surface area contributed by atoms with Crippen LogP contribution in [0, 0.1) is 5.92 Å². The first kappa shape index (κ1) is 22.5. The van der Waals surface area contributed by atoms with E-state index in [1.807, 2.05) is 24.3 Å². The maximum Gasteiger partial charge on any atom is 0.191 e. The molecule has 7 nitrogen and oxygen atoms in total. The van der Waals surface area contributed by atoms with Gasteiger partial charge in [0.25, 0.3) is 0 Å². The van der Waals surface area contributed by atoms with Crippen molar-refractivity contribution in [1.29, 1.82) is 0 Å². The molecule has 0 spiro atoms. The van der Waals surface area contributed by atoms with E-state index in [4.69, 9.17) is 14.2 Å². The lowest BCUT2D eigenvalue weighted by Crippen LogP contribution is -2.52.